The van der Waals surface area contributed by atoms with Gasteiger partial charge in [0.05, 0.1) is 59.3 Å². The fourth-order valence-corrected chi connectivity index (χ4v) is 7.29. The molecule has 0 radical (unpaired) electrons. The number of nitrogens with one attached hydrogen (secondary N) is 2. The molecule has 0 saturated carbocycles. The number of aliphatic carboxylic acids is 1. The van der Waals surface area contributed by atoms with E-state index >= 15 is 0 Å². The normalized spacial score (nSPS) is 13.2. The Morgan fingerprint density at radius 2 is 0.948 bits per heavy atom. The molecule has 4 aromatic carbocycles. The summed E-state index contributed by atoms with van der Waals surface area (Å²) in [5.41, 5.74) is 8.78. The lowest BCUT2D eigenvalue weighted by Gasteiger charge is -2.20. The van der Waals surface area contributed by atoms with Crippen LogP contribution in [0.25, 0.3) is 22.3 Å². The van der Waals surface area contributed by atoms with Gasteiger partial charge in [0, 0.05) is 24.8 Å². The molecule has 13 heteroatoms. The second-order valence-electron chi connectivity index (χ2n) is 13.9. The van der Waals surface area contributed by atoms with E-state index in [4.69, 9.17) is 33.5 Å². The highest BCUT2D eigenvalue weighted by Gasteiger charge is 2.31. The van der Waals surface area contributed by atoms with Crippen LogP contribution in [-0.4, -0.2) is 108 Å². The standard InChI is InChI=1S/C45H50N2O11/c48-42(49)19-21-53-23-25-55-27-28-56-26-24-54-22-20-46-44(51)41(47-45(52)58-30-40-37-15-7-3-11-33(37)34-12-4-8-16-38(34)40)17-18-43(50)57-29-39-35-13-5-1-9-31(35)32-10-2-6-14-36(32)39/h1-16,39-41H,17-30H2,(H,46,51)(H,47,52)(H,48,49)/t41-/m0/s1. The Balaban J connectivity index is 0.953. The van der Waals surface area contributed by atoms with E-state index in [2.05, 4.69) is 34.9 Å². The van der Waals surface area contributed by atoms with Gasteiger partial charge in [-0.15, -0.1) is 0 Å². The number of carbonyl (C=O) groups is 4. The molecule has 58 heavy (non-hydrogen) atoms. The second kappa shape index (κ2) is 21.8. The van der Waals surface area contributed by atoms with Gasteiger partial charge in [-0.1, -0.05) is 97.1 Å². The summed E-state index contributed by atoms with van der Waals surface area (Å²) in [5.74, 6) is -2.13. The monoisotopic (exact) mass is 794 g/mol. The molecule has 2 aliphatic carbocycles. The number of hydrogen-bond donors (Lipinski definition) is 3. The van der Waals surface area contributed by atoms with E-state index in [-0.39, 0.29) is 70.7 Å². The maximum Gasteiger partial charge on any atom is 0.407 e. The first kappa shape index (κ1) is 42.0. The fourth-order valence-electron chi connectivity index (χ4n) is 7.29. The molecule has 6 rings (SSSR count). The van der Waals surface area contributed by atoms with Gasteiger partial charge in [-0.3, -0.25) is 14.4 Å². The number of carbonyl (C=O) groups excluding carboxylic acids is 3. The summed E-state index contributed by atoms with van der Waals surface area (Å²) in [4.78, 5) is 50.2. The Kier molecular flexibility index (Phi) is 15.8. The molecular weight excluding hydrogens is 744 g/mol. The molecule has 0 fully saturated rings. The lowest BCUT2D eigenvalue weighted by atomic mass is 9.98. The molecule has 0 unspecified atom stereocenters. The van der Waals surface area contributed by atoms with Crippen molar-refractivity contribution in [1.82, 2.24) is 10.6 Å². The third kappa shape index (κ3) is 11.5. The van der Waals surface area contributed by atoms with Crippen LogP contribution in [0.15, 0.2) is 97.1 Å². The summed E-state index contributed by atoms with van der Waals surface area (Å²) in [6.45, 7) is 2.69. The van der Waals surface area contributed by atoms with Gasteiger partial charge in [0.15, 0.2) is 0 Å². The first-order valence-corrected chi connectivity index (χ1v) is 19.7. The number of esters is 1. The van der Waals surface area contributed by atoms with Crippen LogP contribution in [0.1, 0.15) is 53.4 Å². The molecule has 13 nitrogen and oxygen atoms in total. The first-order chi connectivity index (χ1) is 28.4. The summed E-state index contributed by atoms with van der Waals surface area (Å²) in [6, 6.07) is 31.2. The number of alkyl carbamates (subject to hydrolysis) is 1. The summed E-state index contributed by atoms with van der Waals surface area (Å²) in [7, 11) is 0. The van der Waals surface area contributed by atoms with Crippen LogP contribution in [0, 0.1) is 0 Å². The quantitative estimate of drug-likeness (QED) is 0.0589. The molecular formula is C45H50N2O11. The summed E-state index contributed by atoms with van der Waals surface area (Å²) in [6.07, 6.45) is -0.919. The third-order valence-electron chi connectivity index (χ3n) is 10.1. The molecule has 0 aromatic heterocycles. The summed E-state index contributed by atoms with van der Waals surface area (Å²) < 4.78 is 33.1. The molecule has 0 saturated heterocycles. The van der Waals surface area contributed by atoms with Crippen molar-refractivity contribution in [1.29, 1.82) is 0 Å². The average Bonchev–Trinajstić information content (AvgIpc) is 3.74. The van der Waals surface area contributed by atoms with E-state index in [1.165, 1.54) is 0 Å². The van der Waals surface area contributed by atoms with Gasteiger partial charge in [0.25, 0.3) is 0 Å². The van der Waals surface area contributed by atoms with Gasteiger partial charge in [-0.2, -0.15) is 0 Å². The van der Waals surface area contributed by atoms with E-state index < -0.39 is 30.0 Å². The number of rotatable bonds is 24. The molecule has 0 aliphatic heterocycles. The van der Waals surface area contributed by atoms with Crippen molar-refractivity contribution in [2.45, 2.75) is 37.1 Å². The molecule has 0 heterocycles. The van der Waals surface area contributed by atoms with Crippen molar-refractivity contribution in [3.63, 3.8) is 0 Å². The smallest absolute Gasteiger partial charge is 0.407 e. The second-order valence-corrected chi connectivity index (χ2v) is 13.9. The topological polar surface area (TPSA) is 168 Å². The van der Waals surface area contributed by atoms with Crippen LogP contribution in [-0.2, 0) is 42.8 Å². The Labute approximate surface area is 337 Å². The van der Waals surface area contributed by atoms with Crippen molar-refractivity contribution in [3.8, 4) is 22.3 Å². The number of benzene rings is 4. The SMILES string of the molecule is O=C(O)CCOCCOCCOCCOCCNC(=O)[C@H](CCC(=O)OCC1c2ccccc2-c2ccccc21)NC(=O)OCC1c2ccccc2-c2ccccc21. The maximum atomic E-state index is 13.4. The van der Waals surface area contributed by atoms with Crippen LogP contribution in [0.3, 0.4) is 0 Å². The lowest BCUT2D eigenvalue weighted by Crippen LogP contribution is -2.48. The highest BCUT2D eigenvalue weighted by Crippen LogP contribution is 2.45. The predicted octanol–water partition coefficient (Wildman–Crippen LogP) is 5.69. The number of fused-ring (bicyclic) bond motifs is 6. The van der Waals surface area contributed by atoms with E-state index in [1.54, 1.807) is 0 Å². The zero-order valence-corrected chi connectivity index (χ0v) is 32.4. The van der Waals surface area contributed by atoms with Crippen molar-refractivity contribution in [2.24, 2.45) is 0 Å². The number of ether oxygens (including phenoxy) is 6. The lowest BCUT2D eigenvalue weighted by molar-refractivity contribution is -0.144. The summed E-state index contributed by atoms with van der Waals surface area (Å²) >= 11 is 0. The molecule has 2 amide bonds. The van der Waals surface area contributed by atoms with Gasteiger partial charge in [-0.25, -0.2) is 4.79 Å². The van der Waals surface area contributed by atoms with Crippen molar-refractivity contribution in [2.75, 3.05) is 72.6 Å². The van der Waals surface area contributed by atoms with Crippen molar-refractivity contribution in [3.05, 3.63) is 119 Å². The van der Waals surface area contributed by atoms with Gasteiger partial charge < -0.3 is 44.2 Å². The largest absolute Gasteiger partial charge is 0.481 e. The molecule has 3 N–H and O–H groups in total. The molecule has 306 valence electrons. The fraction of sp³-hybridized carbons (Fsp3) is 0.378. The van der Waals surface area contributed by atoms with E-state index in [1.807, 2.05) is 72.8 Å². The number of hydrogen-bond acceptors (Lipinski definition) is 10. The Morgan fingerprint density at radius 1 is 0.534 bits per heavy atom. The first-order valence-electron chi connectivity index (χ1n) is 19.7. The van der Waals surface area contributed by atoms with Gasteiger partial charge >= 0.3 is 18.0 Å². The molecule has 2 aliphatic rings. The van der Waals surface area contributed by atoms with Crippen LogP contribution in [0.5, 0.6) is 0 Å². The van der Waals surface area contributed by atoms with E-state index in [0.29, 0.717) is 33.0 Å². The van der Waals surface area contributed by atoms with Crippen LogP contribution < -0.4 is 10.6 Å². The van der Waals surface area contributed by atoms with Crippen LogP contribution in [0.4, 0.5) is 4.79 Å². The van der Waals surface area contributed by atoms with Gasteiger partial charge in [0.2, 0.25) is 5.91 Å². The Morgan fingerprint density at radius 3 is 1.41 bits per heavy atom. The van der Waals surface area contributed by atoms with Crippen LogP contribution in [0.2, 0.25) is 0 Å². The zero-order valence-electron chi connectivity index (χ0n) is 32.4. The van der Waals surface area contributed by atoms with Gasteiger partial charge in [0.1, 0.15) is 19.3 Å². The zero-order chi connectivity index (χ0) is 40.5. The Hall–Kier alpha value is -5.60. The molecule has 0 bridgehead atoms. The maximum absolute atomic E-state index is 13.4. The highest BCUT2D eigenvalue weighted by molar-refractivity contribution is 5.86. The Bertz CT molecular complexity index is 1910. The van der Waals surface area contributed by atoms with E-state index in [9.17, 15) is 19.2 Å². The third-order valence-corrected chi connectivity index (χ3v) is 10.1. The molecule has 0 spiro atoms. The number of carboxylic acids is 1. The molecule has 1 atom stereocenters. The minimum atomic E-state index is -1.07. The predicted molar refractivity (Wildman–Crippen MR) is 214 cm³/mol. The van der Waals surface area contributed by atoms with Gasteiger partial charge in [-0.05, 0) is 50.9 Å². The average molecular weight is 795 g/mol. The van der Waals surface area contributed by atoms with Crippen molar-refractivity contribution >= 4 is 23.9 Å². The number of amides is 2. The van der Waals surface area contributed by atoms with E-state index in [0.717, 1.165) is 44.5 Å². The highest BCUT2D eigenvalue weighted by atomic mass is 16.6. The minimum absolute atomic E-state index is 0.00205. The molecule has 4 aromatic rings. The minimum Gasteiger partial charge on any atom is -0.481 e. The summed E-state index contributed by atoms with van der Waals surface area (Å²) in [5, 5.41) is 14.1. The van der Waals surface area contributed by atoms with Crippen LogP contribution >= 0.6 is 0 Å². The van der Waals surface area contributed by atoms with Crippen molar-refractivity contribution < 1.29 is 52.7 Å². The number of carboxylic acid groups (broad SMARTS) is 1.